The van der Waals surface area contributed by atoms with Gasteiger partial charge in [0.15, 0.2) is 0 Å². The van der Waals surface area contributed by atoms with Crippen LogP contribution in [-0.2, 0) is 17.6 Å². The number of aromatic nitrogens is 2. The summed E-state index contributed by atoms with van der Waals surface area (Å²) in [6.07, 6.45) is 5.01. The van der Waals surface area contributed by atoms with Gasteiger partial charge >= 0.3 is 0 Å². The zero-order valence-corrected chi connectivity index (χ0v) is 12.7. The number of benzene rings is 1. The zero-order valence-electron chi connectivity index (χ0n) is 12.7. The number of aryl methyl sites for hydroxylation is 1. The molecule has 0 bridgehead atoms. The highest BCUT2D eigenvalue weighted by Gasteiger charge is 2.05. The van der Waals surface area contributed by atoms with E-state index in [-0.39, 0.29) is 11.7 Å². The van der Waals surface area contributed by atoms with Crippen LogP contribution < -0.4 is 5.32 Å². The number of fused-ring (bicyclic) bond motifs is 1. The molecule has 2 aromatic heterocycles. The molecule has 1 aromatic carbocycles. The third kappa shape index (κ3) is 4.16. The first-order chi connectivity index (χ1) is 11.2. The van der Waals surface area contributed by atoms with E-state index in [9.17, 15) is 9.18 Å². The van der Waals surface area contributed by atoms with Crippen LogP contribution in [0.25, 0.3) is 5.65 Å². The Morgan fingerprint density at radius 2 is 1.91 bits per heavy atom. The van der Waals surface area contributed by atoms with Crippen LogP contribution in [0.4, 0.5) is 4.39 Å². The molecule has 1 amide bonds. The average Bonchev–Trinajstić information content (AvgIpc) is 2.95. The molecule has 0 fully saturated rings. The Labute approximate surface area is 134 Å². The summed E-state index contributed by atoms with van der Waals surface area (Å²) in [4.78, 5) is 16.2. The average molecular weight is 311 g/mol. The highest BCUT2D eigenvalue weighted by Crippen LogP contribution is 2.07. The summed E-state index contributed by atoms with van der Waals surface area (Å²) in [5.41, 5.74) is 2.70. The van der Waals surface area contributed by atoms with E-state index in [1.54, 1.807) is 16.7 Å². The summed E-state index contributed by atoms with van der Waals surface area (Å²) in [5, 5.41) is 2.89. The fourth-order valence-corrected chi connectivity index (χ4v) is 2.46. The maximum atomic E-state index is 13.1. The highest BCUT2D eigenvalue weighted by atomic mass is 19.1. The Kier molecular flexibility index (Phi) is 4.66. The van der Waals surface area contributed by atoms with Crippen molar-refractivity contribution >= 4 is 11.6 Å². The van der Waals surface area contributed by atoms with Gasteiger partial charge in [0.1, 0.15) is 11.5 Å². The Balaban J connectivity index is 1.45. The Bertz CT molecular complexity index is 798. The van der Waals surface area contributed by atoms with Gasteiger partial charge in [-0.2, -0.15) is 0 Å². The molecule has 0 saturated carbocycles. The second-order valence-electron chi connectivity index (χ2n) is 5.43. The van der Waals surface area contributed by atoms with Crippen molar-refractivity contribution in [2.45, 2.75) is 19.3 Å². The Morgan fingerprint density at radius 3 is 2.74 bits per heavy atom. The largest absolute Gasteiger partial charge is 0.356 e. The number of rotatable bonds is 6. The quantitative estimate of drug-likeness (QED) is 0.761. The lowest BCUT2D eigenvalue weighted by Gasteiger charge is -2.04. The van der Waals surface area contributed by atoms with E-state index in [1.807, 2.05) is 30.3 Å². The summed E-state index contributed by atoms with van der Waals surface area (Å²) in [6.45, 7) is 0.528. The summed E-state index contributed by atoms with van der Waals surface area (Å²) in [7, 11) is 0. The van der Waals surface area contributed by atoms with Gasteiger partial charge in [-0.15, -0.1) is 0 Å². The molecule has 0 saturated heterocycles. The van der Waals surface area contributed by atoms with Gasteiger partial charge in [0.2, 0.25) is 5.91 Å². The molecule has 0 aliphatic rings. The minimum absolute atomic E-state index is 0.0312. The monoisotopic (exact) mass is 311 g/mol. The zero-order chi connectivity index (χ0) is 16.1. The minimum Gasteiger partial charge on any atom is -0.356 e. The number of imidazole rings is 1. The molecule has 2 heterocycles. The van der Waals surface area contributed by atoms with Crippen molar-refractivity contribution in [3.8, 4) is 0 Å². The standard InChI is InChI=1S/C18H18FN3O/c19-15-7-8-17-21-16(13-22(17)12-15)10-11-20-18(23)9-6-14-4-2-1-3-5-14/h1-5,7-8,12-13H,6,9-11H2,(H,20,23). The van der Waals surface area contributed by atoms with Gasteiger partial charge in [-0.05, 0) is 24.1 Å². The van der Waals surface area contributed by atoms with Gasteiger partial charge < -0.3 is 9.72 Å². The second kappa shape index (κ2) is 7.05. The first-order valence-electron chi connectivity index (χ1n) is 7.64. The normalized spacial score (nSPS) is 10.8. The van der Waals surface area contributed by atoms with Crippen molar-refractivity contribution in [3.05, 3.63) is 71.9 Å². The predicted octanol–water partition coefficient (Wildman–Crippen LogP) is 2.76. The maximum Gasteiger partial charge on any atom is 0.220 e. The van der Waals surface area contributed by atoms with E-state index in [0.29, 0.717) is 25.0 Å². The van der Waals surface area contributed by atoms with E-state index in [0.717, 1.165) is 17.7 Å². The van der Waals surface area contributed by atoms with Gasteiger partial charge in [-0.25, -0.2) is 9.37 Å². The number of carbonyl (C=O) groups is 1. The number of hydrogen-bond donors (Lipinski definition) is 1. The molecule has 0 spiro atoms. The molecular weight excluding hydrogens is 293 g/mol. The number of amides is 1. The van der Waals surface area contributed by atoms with Gasteiger partial charge in [-0.3, -0.25) is 4.79 Å². The number of nitrogens with one attached hydrogen (secondary N) is 1. The third-order valence-electron chi connectivity index (χ3n) is 3.65. The smallest absolute Gasteiger partial charge is 0.220 e. The summed E-state index contributed by atoms with van der Waals surface area (Å²) < 4.78 is 14.8. The van der Waals surface area contributed by atoms with E-state index in [2.05, 4.69) is 10.3 Å². The van der Waals surface area contributed by atoms with Crippen LogP contribution in [0.5, 0.6) is 0 Å². The number of nitrogens with zero attached hydrogens (tertiary/aromatic N) is 2. The van der Waals surface area contributed by atoms with Gasteiger partial charge in [-0.1, -0.05) is 30.3 Å². The lowest BCUT2D eigenvalue weighted by molar-refractivity contribution is -0.121. The fourth-order valence-electron chi connectivity index (χ4n) is 2.46. The molecule has 0 aliphatic heterocycles. The topological polar surface area (TPSA) is 46.4 Å². The molecular formula is C18H18FN3O. The molecule has 5 heteroatoms. The van der Waals surface area contributed by atoms with Crippen molar-refractivity contribution < 1.29 is 9.18 Å². The maximum absolute atomic E-state index is 13.1. The highest BCUT2D eigenvalue weighted by molar-refractivity contribution is 5.76. The third-order valence-corrected chi connectivity index (χ3v) is 3.65. The summed E-state index contributed by atoms with van der Waals surface area (Å²) in [5.74, 6) is -0.265. The molecule has 1 N–H and O–H groups in total. The van der Waals surface area contributed by atoms with Gasteiger partial charge in [0.25, 0.3) is 0 Å². The molecule has 0 atom stereocenters. The first kappa shape index (κ1) is 15.2. The van der Waals surface area contributed by atoms with Crippen LogP contribution in [0.1, 0.15) is 17.7 Å². The predicted molar refractivity (Wildman–Crippen MR) is 86.6 cm³/mol. The van der Waals surface area contributed by atoms with E-state index < -0.39 is 0 Å². The molecule has 3 aromatic rings. The van der Waals surface area contributed by atoms with Crippen LogP contribution in [-0.4, -0.2) is 21.8 Å². The van der Waals surface area contributed by atoms with Crippen LogP contribution in [0, 0.1) is 5.82 Å². The number of halogens is 1. The minimum atomic E-state index is -0.296. The van der Waals surface area contributed by atoms with Crippen molar-refractivity contribution in [3.63, 3.8) is 0 Å². The number of pyridine rings is 1. The second-order valence-corrected chi connectivity index (χ2v) is 5.43. The van der Waals surface area contributed by atoms with E-state index >= 15 is 0 Å². The molecule has 4 nitrogen and oxygen atoms in total. The fraction of sp³-hybridized carbons (Fsp3) is 0.222. The first-order valence-corrected chi connectivity index (χ1v) is 7.64. The summed E-state index contributed by atoms with van der Waals surface area (Å²) in [6, 6.07) is 13.0. The summed E-state index contributed by atoms with van der Waals surface area (Å²) >= 11 is 0. The van der Waals surface area contributed by atoms with Crippen molar-refractivity contribution in [2.24, 2.45) is 0 Å². The lowest BCUT2D eigenvalue weighted by atomic mass is 10.1. The van der Waals surface area contributed by atoms with Crippen molar-refractivity contribution in [1.29, 1.82) is 0 Å². The molecule has 0 aliphatic carbocycles. The number of hydrogen-bond acceptors (Lipinski definition) is 2. The van der Waals surface area contributed by atoms with Crippen LogP contribution >= 0.6 is 0 Å². The molecule has 0 radical (unpaired) electrons. The van der Waals surface area contributed by atoms with Crippen LogP contribution in [0.2, 0.25) is 0 Å². The van der Waals surface area contributed by atoms with Crippen molar-refractivity contribution in [2.75, 3.05) is 6.54 Å². The van der Waals surface area contributed by atoms with Gasteiger partial charge in [0, 0.05) is 31.8 Å². The Hall–Kier alpha value is -2.69. The lowest BCUT2D eigenvalue weighted by Crippen LogP contribution is -2.25. The van der Waals surface area contributed by atoms with Crippen LogP contribution in [0.15, 0.2) is 54.9 Å². The molecule has 23 heavy (non-hydrogen) atoms. The molecule has 3 rings (SSSR count). The van der Waals surface area contributed by atoms with E-state index in [4.69, 9.17) is 0 Å². The van der Waals surface area contributed by atoms with Crippen LogP contribution in [0.3, 0.4) is 0 Å². The Morgan fingerprint density at radius 1 is 1.09 bits per heavy atom. The molecule has 118 valence electrons. The SMILES string of the molecule is O=C(CCc1ccccc1)NCCc1cn2cc(F)ccc2n1. The number of carbonyl (C=O) groups excluding carboxylic acids is 1. The van der Waals surface area contributed by atoms with E-state index in [1.165, 1.54) is 12.3 Å². The molecule has 0 unspecified atom stereocenters. The van der Waals surface area contributed by atoms with Gasteiger partial charge in [0.05, 0.1) is 5.69 Å². The van der Waals surface area contributed by atoms with Crippen molar-refractivity contribution in [1.82, 2.24) is 14.7 Å².